The van der Waals surface area contributed by atoms with Crippen LogP contribution >= 0.6 is 35.1 Å². The van der Waals surface area contributed by atoms with E-state index in [1.54, 1.807) is 11.8 Å². The van der Waals surface area contributed by atoms with Gasteiger partial charge in [-0.2, -0.15) is 0 Å². The molecule has 0 saturated carbocycles. The third kappa shape index (κ3) is 4.12. The van der Waals surface area contributed by atoms with Gasteiger partial charge < -0.3 is 9.88 Å². The highest BCUT2D eigenvalue weighted by Gasteiger charge is 2.16. The zero-order valence-corrected chi connectivity index (χ0v) is 15.4. The van der Waals surface area contributed by atoms with E-state index in [4.69, 9.17) is 11.6 Å². The molecular weight excluding hydrogens is 366 g/mol. The molecule has 1 aliphatic rings. The average molecular weight is 382 g/mol. The van der Waals surface area contributed by atoms with Gasteiger partial charge in [0.05, 0.1) is 12.3 Å². The number of benzene rings is 1. The summed E-state index contributed by atoms with van der Waals surface area (Å²) in [6.07, 6.45) is 0. The van der Waals surface area contributed by atoms with Crippen LogP contribution in [0.15, 0.2) is 34.4 Å². The molecule has 0 saturated heterocycles. The van der Waals surface area contributed by atoms with Gasteiger partial charge in [0.1, 0.15) is 0 Å². The van der Waals surface area contributed by atoms with E-state index in [0.29, 0.717) is 10.2 Å². The zero-order chi connectivity index (χ0) is 16.9. The van der Waals surface area contributed by atoms with Gasteiger partial charge in [0.25, 0.3) is 0 Å². The molecule has 2 heterocycles. The van der Waals surface area contributed by atoms with E-state index in [-0.39, 0.29) is 11.7 Å². The molecule has 126 valence electrons. The number of hydrogen-bond donors (Lipinski definition) is 1. The second kappa shape index (κ2) is 8.04. The lowest BCUT2D eigenvalue weighted by atomic mass is 10.2. The Labute approximate surface area is 153 Å². The van der Waals surface area contributed by atoms with Crippen LogP contribution in [0, 0.1) is 0 Å². The molecule has 0 radical (unpaired) electrons. The predicted octanol–water partition coefficient (Wildman–Crippen LogP) is 2.93. The Balaban J connectivity index is 1.67. The smallest absolute Gasteiger partial charge is 0.236 e. The van der Waals surface area contributed by atoms with Crippen molar-refractivity contribution in [2.24, 2.45) is 4.99 Å². The van der Waals surface area contributed by atoms with Gasteiger partial charge in [0.2, 0.25) is 5.91 Å². The fraction of sp³-hybridized carbons (Fsp3) is 0.333. The number of amidine groups is 1. The Kier molecular flexibility index (Phi) is 5.80. The van der Waals surface area contributed by atoms with Crippen molar-refractivity contribution in [2.75, 3.05) is 18.1 Å². The number of aliphatic imine (C=N–C) groups is 1. The lowest BCUT2D eigenvalue weighted by molar-refractivity contribution is -0.117. The van der Waals surface area contributed by atoms with Crippen LogP contribution in [0.2, 0.25) is 5.02 Å². The van der Waals surface area contributed by atoms with Gasteiger partial charge in [-0.3, -0.25) is 9.79 Å². The lowest BCUT2D eigenvalue weighted by Crippen LogP contribution is -2.29. The molecule has 24 heavy (non-hydrogen) atoms. The molecule has 0 atom stereocenters. The molecule has 0 aliphatic carbocycles. The summed E-state index contributed by atoms with van der Waals surface area (Å²) in [6.45, 7) is 3.51. The summed E-state index contributed by atoms with van der Waals surface area (Å²) in [5.74, 6) is 1.90. The monoisotopic (exact) mass is 381 g/mol. The summed E-state index contributed by atoms with van der Waals surface area (Å²) < 4.78 is 1.99. The van der Waals surface area contributed by atoms with Gasteiger partial charge >= 0.3 is 0 Å². The molecule has 1 N–H and O–H groups in total. The van der Waals surface area contributed by atoms with Crippen molar-refractivity contribution in [3.05, 3.63) is 29.3 Å². The first-order valence-corrected chi connectivity index (χ1v) is 9.81. The van der Waals surface area contributed by atoms with Crippen LogP contribution in [-0.2, 0) is 11.3 Å². The topological polar surface area (TPSA) is 72.2 Å². The van der Waals surface area contributed by atoms with Crippen molar-refractivity contribution in [3.63, 3.8) is 0 Å². The molecule has 6 nitrogen and oxygen atoms in total. The zero-order valence-electron chi connectivity index (χ0n) is 13.0. The predicted molar refractivity (Wildman–Crippen MR) is 99.8 cm³/mol. The van der Waals surface area contributed by atoms with Crippen LogP contribution in [0.4, 0.5) is 0 Å². The van der Waals surface area contributed by atoms with Gasteiger partial charge in [-0.1, -0.05) is 35.1 Å². The van der Waals surface area contributed by atoms with E-state index >= 15 is 0 Å². The van der Waals surface area contributed by atoms with Gasteiger partial charge in [-0.05, 0) is 31.2 Å². The molecule has 0 spiro atoms. The first kappa shape index (κ1) is 17.3. The Hall–Kier alpha value is -1.51. The number of nitrogens with zero attached hydrogens (tertiary/aromatic N) is 4. The molecule has 0 unspecified atom stereocenters. The van der Waals surface area contributed by atoms with Crippen LogP contribution in [0.5, 0.6) is 0 Å². The molecular formula is C15H16ClN5OS2. The number of nitrogens with one attached hydrogen (secondary N) is 1. The second-order valence-electron chi connectivity index (χ2n) is 4.93. The fourth-order valence-corrected chi connectivity index (χ4v) is 3.86. The van der Waals surface area contributed by atoms with Gasteiger partial charge in [-0.25, -0.2) is 0 Å². The molecule has 2 aromatic rings. The van der Waals surface area contributed by atoms with E-state index in [1.807, 2.05) is 35.8 Å². The maximum atomic E-state index is 12.0. The first-order chi connectivity index (χ1) is 11.7. The van der Waals surface area contributed by atoms with Gasteiger partial charge in [0, 0.05) is 22.9 Å². The van der Waals surface area contributed by atoms with Crippen molar-refractivity contribution in [1.82, 2.24) is 20.1 Å². The summed E-state index contributed by atoms with van der Waals surface area (Å²) in [5.41, 5.74) is 0.946. The molecule has 1 aromatic heterocycles. The molecule has 1 amide bonds. The number of carbonyl (C=O) groups excluding carboxylic acids is 1. The molecule has 0 bridgehead atoms. The summed E-state index contributed by atoms with van der Waals surface area (Å²) in [6, 6.07) is 7.47. The number of hydrogen-bond acceptors (Lipinski definition) is 6. The Morgan fingerprint density at radius 1 is 1.38 bits per heavy atom. The van der Waals surface area contributed by atoms with Gasteiger partial charge in [-0.15, -0.1) is 10.2 Å². The minimum Gasteiger partial charge on any atom is -0.305 e. The van der Waals surface area contributed by atoms with E-state index in [1.165, 1.54) is 11.8 Å². The molecule has 0 fully saturated rings. The largest absolute Gasteiger partial charge is 0.305 e. The highest BCUT2D eigenvalue weighted by molar-refractivity contribution is 8.14. The minimum atomic E-state index is -0.0770. The number of amides is 1. The Bertz CT molecular complexity index is 760. The number of rotatable bonds is 5. The maximum Gasteiger partial charge on any atom is 0.236 e. The number of halogens is 1. The summed E-state index contributed by atoms with van der Waals surface area (Å²) in [4.78, 5) is 16.2. The molecule has 3 rings (SSSR count). The van der Waals surface area contributed by atoms with Crippen molar-refractivity contribution < 1.29 is 4.79 Å². The SMILES string of the molecule is CCn1c(SCC(=O)NC2=NCCS2)nnc1-c1ccc(Cl)cc1. The standard InChI is InChI=1S/C15H16ClN5OS2/c1-2-21-13(10-3-5-11(16)6-4-10)19-20-15(21)24-9-12(22)18-14-17-7-8-23-14/h3-6H,2,7-9H2,1H3,(H,17,18,22). The average Bonchev–Trinajstić information content (AvgIpc) is 3.22. The summed E-state index contributed by atoms with van der Waals surface area (Å²) in [5, 5.41) is 13.4. The first-order valence-electron chi connectivity index (χ1n) is 7.46. The van der Waals surface area contributed by atoms with E-state index in [2.05, 4.69) is 20.5 Å². The molecule has 1 aliphatic heterocycles. The highest BCUT2D eigenvalue weighted by atomic mass is 35.5. The van der Waals surface area contributed by atoms with Crippen LogP contribution in [-0.4, -0.2) is 43.9 Å². The number of aromatic nitrogens is 3. The van der Waals surface area contributed by atoms with Crippen LogP contribution < -0.4 is 5.32 Å². The van der Waals surface area contributed by atoms with Crippen LogP contribution in [0.25, 0.3) is 11.4 Å². The second-order valence-corrected chi connectivity index (χ2v) is 7.39. The highest BCUT2D eigenvalue weighted by Crippen LogP contribution is 2.25. The number of thioether (sulfide) groups is 2. The fourth-order valence-electron chi connectivity index (χ4n) is 2.19. The van der Waals surface area contributed by atoms with Crippen LogP contribution in [0.1, 0.15) is 6.92 Å². The van der Waals surface area contributed by atoms with Crippen molar-refractivity contribution in [1.29, 1.82) is 0 Å². The number of carbonyl (C=O) groups is 1. The van der Waals surface area contributed by atoms with E-state index < -0.39 is 0 Å². The van der Waals surface area contributed by atoms with Crippen LogP contribution in [0.3, 0.4) is 0 Å². The van der Waals surface area contributed by atoms with Crippen molar-refractivity contribution in [3.8, 4) is 11.4 Å². The van der Waals surface area contributed by atoms with E-state index in [9.17, 15) is 4.79 Å². The normalized spacial score (nSPS) is 13.8. The maximum absolute atomic E-state index is 12.0. The molecule has 1 aromatic carbocycles. The lowest BCUT2D eigenvalue weighted by Gasteiger charge is -2.07. The third-order valence-corrected chi connectivity index (χ3v) is 5.41. The van der Waals surface area contributed by atoms with E-state index in [0.717, 1.165) is 35.4 Å². The third-order valence-electron chi connectivity index (χ3n) is 3.30. The molecule has 9 heteroatoms. The Morgan fingerprint density at radius 3 is 2.83 bits per heavy atom. The quantitative estimate of drug-likeness (QED) is 0.806. The van der Waals surface area contributed by atoms with Gasteiger partial charge in [0.15, 0.2) is 16.1 Å². The Morgan fingerprint density at radius 2 is 2.17 bits per heavy atom. The summed E-state index contributed by atoms with van der Waals surface area (Å²) in [7, 11) is 0. The summed E-state index contributed by atoms with van der Waals surface area (Å²) >= 11 is 8.87. The van der Waals surface area contributed by atoms with Crippen molar-refractivity contribution in [2.45, 2.75) is 18.6 Å². The minimum absolute atomic E-state index is 0.0770. The van der Waals surface area contributed by atoms with Crippen molar-refractivity contribution >= 4 is 46.2 Å².